The van der Waals surface area contributed by atoms with Crippen molar-refractivity contribution in [1.82, 2.24) is 24.1 Å². The molecule has 0 saturated carbocycles. The molecular weight excluding hydrogens is 547 g/mol. The van der Waals surface area contributed by atoms with E-state index in [4.69, 9.17) is 4.74 Å². The molecule has 0 spiro atoms. The fourth-order valence-corrected chi connectivity index (χ4v) is 4.00. The van der Waals surface area contributed by atoms with Gasteiger partial charge in [-0.2, -0.15) is 9.61 Å². The molecule has 1 amide bonds. The number of carbonyl (C=O) groups excluding carboxylic acids is 2. The molecule has 176 valence electrons. The predicted octanol–water partition coefficient (Wildman–Crippen LogP) is 4.80. The highest BCUT2D eigenvalue weighted by molar-refractivity contribution is 14.1. The number of amides is 1. The second kappa shape index (κ2) is 9.16. The number of rotatable bonds is 5. The van der Waals surface area contributed by atoms with Crippen molar-refractivity contribution < 1.29 is 14.3 Å². The minimum absolute atomic E-state index is 0.195. The van der Waals surface area contributed by atoms with Gasteiger partial charge in [0, 0.05) is 31.1 Å². The van der Waals surface area contributed by atoms with Crippen molar-refractivity contribution in [2.75, 3.05) is 4.90 Å². The van der Waals surface area contributed by atoms with Gasteiger partial charge in [-0.3, -0.25) is 9.69 Å². The fraction of sp³-hybridized carbons (Fsp3) is 0.292. The van der Waals surface area contributed by atoms with E-state index in [0.29, 0.717) is 17.8 Å². The molecule has 0 atom stereocenters. The van der Waals surface area contributed by atoms with Crippen molar-refractivity contribution in [3.63, 3.8) is 0 Å². The van der Waals surface area contributed by atoms with Crippen LogP contribution in [0, 0.1) is 10.5 Å². The van der Waals surface area contributed by atoms with Crippen LogP contribution < -0.4 is 4.90 Å². The van der Waals surface area contributed by atoms with Crippen molar-refractivity contribution in [3.8, 4) is 11.4 Å². The SMILES string of the molecule is Cc1nn2c(N(Cc3cccc(-c4nccn4C)c3)C(=O)OC(C)(C)C)cc(C=O)nc2c1I. The second-order valence-corrected chi connectivity index (χ2v) is 10.00. The van der Waals surface area contributed by atoms with E-state index in [1.165, 1.54) is 4.90 Å². The Balaban J connectivity index is 1.84. The molecular formula is C24H25IN6O3. The molecule has 0 saturated heterocycles. The molecule has 0 fully saturated rings. The first-order valence-corrected chi connectivity index (χ1v) is 11.7. The van der Waals surface area contributed by atoms with Crippen LogP contribution in [0.25, 0.3) is 17.0 Å². The normalized spacial score (nSPS) is 11.6. The summed E-state index contributed by atoms with van der Waals surface area (Å²) in [7, 11) is 1.93. The van der Waals surface area contributed by atoms with E-state index in [9.17, 15) is 9.59 Å². The lowest BCUT2D eigenvalue weighted by Crippen LogP contribution is -2.37. The zero-order valence-corrected chi connectivity index (χ0v) is 21.8. The maximum Gasteiger partial charge on any atom is 0.416 e. The van der Waals surface area contributed by atoms with Gasteiger partial charge in [0.05, 0.1) is 15.8 Å². The Morgan fingerprint density at radius 1 is 1.26 bits per heavy atom. The van der Waals surface area contributed by atoms with Crippen LogP contribution >= 0.6 is 22.6 Å². The quantitative estimate of drug-likeness (QED) is 0.252. The number of benzene rings is 1. The monoisotopic (exact) mass is 572 g/mol. The highest BCUT2D eigenvalue weighted by Crippen LogP contribution is 2.27. The molecule has 34 heavy (non-hydrogen) atoms. The van der Waals surface area contributed by atoms with E-state index in [1.54, 1.807) is 16.8 Å². The van der Waals surface area contributed by atoms with Crippen LogP contribution in [0.2, 0.25) is 0 Å². The van der Waals surface area contributed by atoms with Gasteiger partial charge in [0.1, 0.15) is 22.9 Å². The molecule has 0 aliphatic heterocycles. The summed E-state index contributed by atoms with van der Waals surface area (Å²) in [4.78, 5) is 35.4. The molecule has 0 unspecified atom stereocenters. The number of halogens is 1. The molecule has 0 aliphatic rings. The summed E-state index contributed by atoms with van der Waals surface area (Å²) in [5, 5.41) is 4.57. The summed E-state index contributed by atoms with van der Waals surface area (Å²) in [5.74, 6) is 1.22. The number of hydrogen-bond acceptors (Lipinski definition) is 6. The molecule has 3 aromatic heterocycles. The van der Waals surface area contributed by atoms with E-state index in [0.717, 1.165) is 26.2 Å². The summed E-state index contributed by atoms with van der Waals surface area (Å²) in [5.41, 5.74) is 2.54. The lowest BCUT2D eigenvalue weighted by atomic mass is 10.1. The van der Waals surface area contributed by atoms with Gasteiger partial charge < -0.3 is 9.30 Å². The van der Waals surface area contributed by atoms with Gasteiger partial charge in [-0.1, -0.05) is 18.2 Å². The molecule has 1 aromatic carbocycles. The van der Waals surface area contributed by atoms with Gasteiger partial charge in [-0.05, 0) is 61.9 Å². The Hall–Kier alpha value is -3.28. The van der Waals surface area contributed by atoms with Gasteiger partial charge in [0.2, 0.25) is 0 Å². The third kappa shape index (κ3) is 4.81. The van der Waals surface area contributed by atoms with Gasteiger partial charge >= 0.3 is 6.09 Å². The lowest BCUT2D eigenvalue weighted by molar-refractivity contribution is 0.0575. The number of aryl methyl sites for hydroxylation is 2. The number of nitrogens with zero attached hydrogens (tertiary/aromatic N) is 6. The summed E-state index contributed by atoms with van der Waals surface area (Å²) < 4.78 is 10.0. The number of imidazole rings is 1. The maximum atomic E-state index is 13.4. The Morgan fingerprint density at radius 2 is 2.03 bits per heavy atom. The zero-order chi connectivity index (χ0) is 24.6. The van der Waals surface area contributed by atoms with E-state index in [1.807, 2.05) is 69.8 Å². The van der Waals surface area contributed by atoms with Crippen LogP contribution in [-0.2, 0) is 18.3 Å². The Bertz CT molecular complexity index is 1390. The number of anilines is 1. The summed E-state index contributed by atoms with van der Waals surface area (Å²) >= 11 is 2.14. The molecule has 4 aromatic rings. The summed E-state index contributed by atoms with van der Waals surface area (Å²) in [6, 6.07) is 9.36. The van der Waals surface area contributed by atoms with E-state index in [-0.39, 0.29) is 12.2 Å². The topological polar surface area (TPSA) is 94.6 Å². The predicted molar refractivity (Wildman–Crippen MR) is 137 cm³/mol. The number of hydrogen-bond donors (Lipinski definition) is 0. The molecule has 0 radical (unpaired) electrons. The van der Waals surface area contributed by atoms with Crippen molar-refractivity contribution in [2.24, 2.45) is 7.05 Å². The molecule has 0 aliphatic carbocycles. The minimum atomic E-state index is -0.710. The lowest BCUT2D eigenvalue weighted by Gasteiger charge is -2.28. The third-order valence-electron chi connectivity index (χ3n) is 5.05. The first kappa shape index (κ1) is 23.9. The van der Waals surface area contributed by atoms with Crippen LogP contribution in [0.3, 0.4) is 0 Å². The van der Waals surface area contributed by atoms with Gasteiger partial charge in [-0.25, -0.2) is 14.8 Å². The highest BCUT2D eigenvalue weighted by Gasteiger charge is 2.27. The number of carbonyl (C=O) groups is 2. The van der Waals surface area contributed by atoms with Gasteiger partial charge in [-0.15, -0.1) is 0 Å². The van der Waals surface area contributed by atoms with Gasteiger partial charge in [0.15, 0.2) is 11.9 Å². The average Bonchev–Trinajstić information content (AvgIpc) is 3.33. The van der Waals surface area contributed by atoms with Gasteiger partial charge in [0.25, 0.3) is 0 Å². The Kier molecular flexibility index (Phi) is 6.43. The first-order chi connectivity index (χ1) is 16.1. The third-order valence-corrected chi connectivity index (χ3v) is 6.31. The number of aromatic nitrogens is 5. The Labute approximate surface area is 210 Å². The molecule has 3 heterocycles. The van der Waals surface area contributed by atoms with Crippen molar-refractivity contribution >= 4 is 46.4 Å². The van der Waals surface area contributed by atoms with Crippen molar-refractivity contribution in [1.29, 1.82) is 0 Å². The fourth-order valence-electron chi connectivity index (χ4n) is 3.54. The molecule has 0 bridgehead atoms. The second-order valence-electron chi connectivity index (χ2n) is 8.92. The smallest absolute Gasteiger partial charge is 0.416 e. The molecule has 0 N–H and O–H groups in total. The maximum absolute atomic E-state index is 13.4. The molecule has 10 heteroatoms. The summed E-state index contributed by atoms with van der Waals surface area (Å²) in [6.45, 7) is 7.48. The van der Waals surface area contributed by atoms with Crippen molar-refractivity contribution in [2.45, 2.75) is 39.8 Å². The number of aldehydes is 1. The van der Waals surface area contributed by atoms with Crippen LogP contribution in [0.5, 0.6) is 0 Å². The van der Waals surface area contributed by atoms with Crippen molar-refractivity contribution in [3.05, 3.63) is 63.2 Å². The number of fused-ring (bicyclic) bond motifs is 1. The number of ether oxygens (including phenoxy) is 1. The van der Waals surface area contributed by atoms with E-state index in [2.05, 4.69) is 37.7 Å². The molecule has 4 rings (SSSR count). The van der Waals surface area contributed by atoms with Crippen LogP contribution in [0.4, 0.5) is 10.6 Å². The van der Waals surface area contributed by atoms with Crippen LogP contribution in [0.15, 0.2) is 42.7 Å². The zero-order valence-electron chi connectivity index (χ0n) is 19.6. The highest BCUT2D eigenvalue weighted by atomic mass is 127. The van der Waals surface area contributed by atoms with Crippen LogP contribution in [0.1, 0.15) is 42.5 Å². The standard InChI is InChI=1S/C24H25IN6O3/c1-15-20(25)22-27-18(14-32)12-19(31(22)28-15)30(23(33)34-24(2,3)4)13-16-7-6-8-17(11-16)21-26-9-10-29(21)5/h6-12,14H,13H2,1-5H3. The minimum Gasteiger partial charge on any atom is -0.443 e. The van der Waals surface area contributed by atoms with E-state index < -0.39 is 11.7 Å². The summed E-state index contributed by atoms with van der Waals surface area (Å²) in [6.07, 6.45) is 3.73. The average molecular weight is 572 g/mol. The largest absolute Gasteiger partial charge is 0.443 e. The Morgan fingerprint density at radius 3 is 2.68 bits per heavy atom. The van der Waals surface area contributed by atoms with Crippen LogP contribution in [-0.4, -0.2) is 42.1 Å². The first-order valence-electron chi connectivity index (χ1n) is 10.7. The van der Waals surface area contributed by atoms with E-state index >= 15 is 0 Å². The molecule has 9 nitrogen and oxygen atoms in total.